The summed E-state index contributed by atoms with van der Waals surface area (Å²) in [5, 5.41) is 0. The minimum atomic E-state index is -0.493. The number of hydrogen-bond acceptors (Lipinski definition) is 3. The van der Waals surface area contributed by atoms with Gasteiger partial charge in [0.25, 0.3) is 0 Å². The van der Waals surface area contributed by atoms with E-state index in [0.29, 0.717) is 12.3 Å². The number of nitrogens with zero attached hydrogens (tertiary/aromatic N) is 1. The SMILES string of the molecule is C=C=C1OC2CC=C1N(C(=O)OC(C)(C)C)C2. The smallest absolute Gasteiger partial charge is 0.415 e. The van der Waals surface area contributed by atoms with E-state index in [9.17, 15) is 4.79 Å². The molecule has 0 aromatic heterocycles. The molecule has 0 saturated carbocycles. The van der Waals surface area contributed by atoms with Crippen LogP contribution in [0.3, 0.4) is 0 Å². The quantitative estimate of drug-likeness (QED) is 0.606. The second-order valence-corrected chi connectivity index (χ2v) is 5.16. The summed E-state index contributed by atoms with van der Waals surface area (Å²) < 4.78 is 10.9. The van der Waals surface area contributed by atoms with Gasteiger partial charge in [-0.3, -0.25) is 4.90 Å². The average molecular weight is 235 g/mol. The van der Waals surface area contributed by atoms with Crippen molar-refractivity contribution in [1.82, 2.24) is 4.90 Å². The molecule has 1 saturated heterocycles. The van der Waals surface area contributed by atoms with Crippen LogP contribution in [0.15, 0.2) is 29.8 Å². The number of amides is 1. The van der Waals surface area contributed by atoms with Crippen molar-refractivity contribution in [3.63, 3.8) is 0 Å². The molecule has 0 aromatic rings. The molecule has 1 atom stereocenters. The molecule has 1 fully saturated rings. The van der Waals surface area contributed by atoms with Crippen molar-refractivity contribution in [2.75, 3.05) is 6.54 Å². The molecule has 0 spiro atoms. The summed E-state index contributed by atoms with van der Waals surface area (Å²) in [7, 11) is 0. The molecule has 3 aliphatic heterocycles. The number of morpholine rings is 1. The highest BCUT2D eigenvalue weighted by atomic mass is 16.6. The van der Waals surface area contributed by atoms with Gasteiger partial charge in [0.15, 0.2) is 5.76 Å². The van der Waals surface area contributed by atoms with Gasteiger partial charge < -0.3 is 9.47 Å². The lowest BCUT2D eigenvalue weighted by molar-refractivity contribution is -0.00328. The lowest BCUT2D eigenvalue weighted by atomic mass is 10.0. The van der Waals surface area contributed by atoms with E-state index in [4.69, 9.17) is 9.47 Å². The summed E-state index contributed by atoms with van der Waals surface area (Å²) in [4.78, 5) is 13.6. The summed E-state index contributed by atoms with van der Waals surface area (Å²) in [5.41, 5.74) is 2.94. The van der Waals surface area contributed by atoms with Crippen LogP contribution in [0.1, 0.15) is 27.2 Å². The van der Waals surface area contributed by atoms with Crippen LogP contribution in [0.2, 0.25) is 0 Å². The van der Waals surface area contributed by atoms with Gasteiger partial charge in [-0.2, -0.15) is 0 Å². The largest absolute Gasteiger partial charge is 0.479 e. The lowest BCUT2D eigenvalue weighted by Gasteiger charge is -2.40. The van der Waals surface area contributed by atoms with Crippen molar-refractivity contribution < 1.29 is 14.3 Å². The Bertz CT molecular complexity index is 424. The third-order valence-electron chi connectivity index (χ3n) is 2.54. The number of fused-ring (bicyclic) bond motifs is 3. The van der Waals surface area contributed by atoms with E-state index >= 15 is 0 Å². The van der Waals surface area contributed by atoms with E-state index in [1.54, 1.807) is 4.90 Å². The van der Waals surface area contributed by atoms with Crippen LogP contribution in [0.4, 0.5) is 4.79 Å². The first-order valence-corrected chi connectivity index (χ1v) is 5.68. The first kappa shape index (κ1) is 11.8. The molecule has 1 amide bonds. The second-order valence-electron chi connectivity index (χ2n) is 5.16. The first-order valence-electron chi connectivity index (χ1n) is 5.68. The van der Waals surface area contributed by atoms with Gasteiger partial charge >= 0.3 is 6.09 Å². The van der Waals surface area contributed by atoms with E-state index in [1.807, 2.05) is 26.8 Å². The first-order chi connectivity index (χ1) is 7.90. The topological polar surface area (TPSA) is 38.8 Å². The molecule has 4 heteroatoms. The molecule has 92 valence electrons. The van der Waals surface area contributed by atoms with Gasteiger partial charge in [-0.25, -0.2) is 4.79 Å². The maximum Gasteiger partial charge on any atom is 0.415 e. The normalized spacial score (nSPS) is 22.8. The summed E-state index contributed by atoms with van der Waals surface area (Å²) >= 11 is 0. The van der Waals surface area contributed by atoms with Gasteiger partial charge in [-0.15, -0.1) is 0 Å². The van der Waals surface area contributed by atoms with E-state index in [0.717, 1.165) is 12.1 Å². The monoisotopic (exact) mass is 235 g/mol. The third kappa shape index (κ3) is 2.37. The van der Waals surface area contributed by atoms with Crippen LogP contribution < -0.4 is 0 Å². The van der Waals surface area contributed by atoms with Gasteiger partial charge in [-0.05, 0) is 20.8 Å². The van der Waals surface area contributed by atoms with Crippen molar-refractivity contribution in [3.05, 3.63) is 29.8 Å². The van der Waals surface area contributed by atoms with Gasteiger partial charge in [-0.1, -0.05) is 18.4 Å². The fraction of sp³-hybridized carbons (Fsp3) is 0.538. The van der Waals surface area contributed by atoms with Gasteiger partial charge in [0.1, 0.15) is 11.7 Å². The van der Waals surface area contributed by atoms with E-state index in [-0.39, 0.29) is 12.2 Å². The molecule has 0 radical (unpaired) electrons. The lowest BCUT2D eigenvalue weighted by Crippen LogP contribution is -2.47. The van der Waals surface area contributed by atoms with Crippen LogP contribution >= 0.6 is 0 Å². The van der Waals surface area contributed by atoms with Gasteiger partial charge in [0, 0.05) is 6.42 Å². The van der Waals surface area contributed by atoms with Crippen LogP contribution in [0.25, 0.3) is 0 Å². The predicted molar refractivity (Wildman–Crippen MR) is 63.2 cm³/mol. The number of rotatable bonds is 0. The number of ether oxygens (including phenoxy) is 2. The average Bonchev–Trinajstić information content (AvgIpc) is 2.27. The summed E-state index contributed by atoms with van der Waals surface area (Å²) in [6, 6.07) is 0. The van der Waals surface area contributed by atoms with Crippen LogP contribution in [0, 0.1) is 0 Å². The maximum atomic E-state index is 12.0. The second kappa shape index (κ2) is 3.97. The summed E-state index contributed by atoms with van der Waals surface area (Å²) in [5.74, 6) is 0.540. The minimum Gasteiger partial charge on any atom is -0.479 e. The molecule has 2 bridgehead atoms. The van der Waals surface area contributed by atoms with Crippen molar-refractivity contribution >= 4 is 6.09 Å². The zero-order valence-electron chi connectivity index (χ0n) is 10.4. The van der Waals surface area contributed by atoms with Crippen LogP contribution in [-0.4, -0.2) is 29.2 Å². The third-order valence-corrected chi connectivity index (χ3v) is 2.54. The summed E-state index contributed by atoms with van der Waals surface area (Å²) in [6.45, 7) is 9.65. The van der Waals surface area contributed by atoms with Gasteiger partial charge in [0.05, 0.1) is 12.2 Å². The Morgan fingerprint density at radius 1 is 1.65 bits per heavy atom. The van der Waals surface area contributed by atoms with E-state index < -0.39 is 5.60 Å². The fourth-order valence-electron chi connectivity index (χ4n) is 1.88. The Labute approximate surface area is 101 Å². The molecule has 3 aliphatic rings. The zero-order valence-corrected chi connectivity index (χ0v) is 10.4. The van der Waals surface area contributed by atoms with Crippen molar-refractivity contribution in [2.45, 2.75) is 38.9 Å². The highest BCUT2D eigenvalue weighted by Gasteiger charge is 2.37. The Morgan fingerprint density at radius 3 is 2.88 bits per heavy atom. The molecular formula is C13H17NO3. The van der Waals surface area contributed by atoms with Crippen molar-refractivity contribution in [1.29, 1.82) is 0 Å². The Morgan fingerprint density at radius 2 is 2.35 bits per heavy atom. The number of hydrogen-bond donors (Lipinski definition) is 0. The maximum absolute atomic E-state index is 12.0. The molecule has 0 aromatic carbocycles. The van der Waals surface area contributed by atoms with Gasteiger partial charge in [0.2, 0.25) is 0 Å². The number of carbonyl (C=O) groups is 1. The highest BCUT2D eigenvalue weighted by molar-refractivity contribution is 5.72. The van der Waals surface area contributed by atoms with Crippen LogP contribution in [-0.2, 0) is 9.47 Å². The molecule has 3 heterocycles. The van der Waals surface area contributed by atoms with Crippen molar-refractivity contribution in [2.24, 2.45) is 0 Å². The van der Waals surface area contributed by atoms with Crippen molar-refractivity contribution in [3.8, 4) is 0 Å². The Kier molecular flexibility index (Phi) is 2.76. The fourth-order valence-corrected chi connectivity index (χ4v) is 1.88. The predicted octanol–water partition coefficient (Wildman–Crippen LogP) is 2.58. The molecule has 0 N–H and O–H groups in total. The molecule has 1 unspecified atom stereocenters. The molecule has 0 aliphatic carbocycles. The van der Waals surface area contributed by atoms with E-state index in [2.05, 4.69) is 12.3 Å². The Hall–Kier alpha value is -1.67. The standard InChI is InChI=1S/C13H17NO3/c1-5-11-10-7-6-9(16-11)8-14(10)12(15)17-13(2,3)4/h7,9H,1,6,8H2,2-4H3. The van der Waals surface area contributed by atoms with E-state index in [1.165, 1.54) is 0 Å². The summed E-state index contributed by atoms with van der Waals surface area (Å²) in [6.07, 6.45) is 2.43. The van der Waals surface area contributed by atoms with Crippen LogP contribution in [0.5, 0.6) is 0 Å². The Balaban J connectivity index is 2.19. The molecular weight excluding hydrogens is 218 g/mol. The highest BCUT2D eigenvalue weighted by Crippen LogP contribution is 2.32. The minimum absolute atomic E-state index is 0.00994. The number of carbonyl (C=O) groups excluding carboxylic acids is 1. The zero-order chi connectivity index (χ0) is 12.6. The molecule has 4 nitrogen and oxygen atoms in total. The molecule has 17 heavy (non-hydrogen) atoms. The molecule has 3 rings (SSSR count).